The zero-order chi connectivity index (χ0) is 17.2. The Kier molecular flexibility index (Phi) is 3.62. The molecule has 1 heterocycles. The second kappa shape index (κ2) is 5.55. The number of fused-ring (bicyclic) bond motifs is 6. The van der Waals surface area contributed by atoms with Crippen molar-refractivity contribution in [2.75, 3.05) is 6.61 Å². The molecule has 136 valence electrons. The van der Waals surface area contributed by atoms with Crippen molar-refractivity contribution in [1.29, 1.82) is 0 Å². The van der Waals surface area contributed by atoms with E-state index in [9.17, 15) is 4.79 Å². The van der Waals surface area contributed by atoms with E-state index in [1.165, 1.54) is 44.1 Å². The molecule has 0 amide bonds. The van der Waals surface area contributed by atoms with Crippen LogP contribution in [0.1, 0.15) is 65.2 Å². The molecule has 3 saturated carbocycles. The number of hydrogen-bond acceptors (Lipinski definition) is 2. The molecule has 0 aromatic rings. The van der Waals surface area contributed by atoms with E-state index in [1.807, 2.05) is 6.08 Å². The molecule has 2 nitrogen and oxygen atoms in total. The summed E-state index contributed by atoms with van der Waals surface area (Å²) in [6, 6.07) is 0. The maximum Gasteiger partial charge on any atom is 0.155 e. The zero-order valence-electron chi connectivity index (χ0n) is 15.8. The van der Waals surface area contributed by atoms with Crippen molar-refractivity contribution < 1.29 is 9.53 Å². The van der Waals surface area contributed by atoms with Gasteiger partial charge in [0.25, 0.3) is 0 Å². The van der Waals surface area contributed by atoms with E-state index in [0.717, 1.165) is 43.1 Å². The Hall–Kier alpha value is -0.890. The third-order valence-corrected chi connectivity index (χ3v) is 9.00. The van der Waals surface area contributed by atoms with Crippen molar-refractivity contribution in [1.82, 2.24) is 0 Å². The molecule has 4 unspecified atom stereocenters. The zero-order valence-corrected chi connectivity index (χ0v) is 15.8. The van der Waals surface area contributed by atoms with Gasteiger partial charge in [-0.05, 0) is 74.2 Å². The minimum Gasteiger partial charge on any atom is -0.366 e. The van der Waals surface area contributed by atoms with Crippen LogP contribution in [0.4, 0.5) is 0 Å². The summed E-state index contributed by atoms with van der Waals surface area (Å²) in [7, 11) is 0. The van der Waals surface area contributed by atoms with E-state index in [0.29, 0.717) is 17.1 Å². The molecular formula is C23H32O2. The van der Waals surface area contributed by atoms with Gasteiger partial charge in [-0.3, -0.25) is 4.79 Å². The fourth-order valence-electron chi connectivity index (χ4n) is 7.82. The van der Waals surface area contributed by atoms with Crippen molar-refractivity contribution in [3.63, 3.8) is 0 Å². The summed E-state index contributed by atoms with van der Waals surface area (Å²) in [5.74, 6) is 4.31. The molecule has 0 saturated heterocycles. The van der Waals surface area contributed by atoms with Gasteiger partial charge in [0.15, 0.2) is 5.78 Å². The Balaban J connectivity index is 1.52. The Morgan fingerprint density at radius 2 is 2.12 bits per heavy atom. The molecule has 4 aliphatic carbocycles. The molecule has 7 atom stereocenters. The van der Waals surface area contributed by atoms with E-state index >= 15 is 0 Å². The molecule has 5 aliphatic rings. The molecule has 25 heavy (non-hydrogen) atoms. The second-order valence-electron chi connectivity index (χ2n) is 9.65. The van der Waals surface area contributed by atoms with Crippen LogP contribution in [-0.4, -0.2) is 18.0 Å². The van der Waals surface area contributed by atoms with Gasteiger partial charge in [0.2, 0.25) is 0 Å². The van der Waals surface area contributed by atoms with Crippen molar-refractivity contribution in [3.8, 4) is 0 Å². The normalized spacial score (nSPS) is 51.2. The number of ketones is 1. The Bertz CT molecular complexity index is 646. The van der Waals surface area contributed by atoms with E-state index in [1.54, 1.807) is 0 Å². The van der Waals surface area contributed by atoms with Crippen LogP contribution in [0.3, 0.4) is 0 Å². The number of carbonyl (C=O) groups is 1. The summed E-state index contributed by atoms with van der Waals surface area (Å²) in [4.78, 5) is 12.0. The molecule has 0 radical (unpaired) electrons. The summed E-state index contributed by atoms with van der Waals surface area (Å²) in [5.41, 5.74) is 1.86. The maximum atomic E-state index is 12.0. The highest BCUT2D eigenvalue weighted by Crippen LogP contribution is 2.67. The Labute approximate surface area is 152 Å². The van der Waals surface area contributed by atoms with Gasteiger partial charge in [0.1, 0.15) is 0 Å². The number of ether oxygens (including phenoxy) is 1. The van der Waals surface area contributed by atoms with E-state index < -0.39 is 0 Å². The SMILES string of the molecule is CCC1CC2=CC(=O)CC[C@@H]2C2CC[C@@]3(C)C(CC[C@@]34C=CCO4)C12. The molecular weight excluding hydrogens is 308 g/mol. The minimum absolute atomic E-state index is 0.0274. The van der Waals surface area contributed by atoms with E-state index in [-0.39, 0.29) is 5.60 Å². The monoisotopic (exact) mass is 340 g/mol. The summed E-state index contributed by atoms with van der Waals surface area (Å²) in [5, 5.41) is 0. The maximum absolute atomic E-state index is 12.0. The predicted molar refractivity (Wildman–Crippen MR) is 99.1 cm³/mol. The minimum atomic E-state index is 0.0274. The van der Waals surface area contributed by atoms with Crippen LogP contribution in [0.2, 0.25) is 0 Å². The first-order valence-corrected chi connectivity index (χ1v) is 10.6. The number of carbonyl (C=O) groups excluding carboxylic acids is 1. The van der Waals surface area contributed by atoms with Crippen LogP contribution in [-0.2, 0) is 9.53 Å². The van der Waals surface area contributed by atoms with Gasteiger partial charge in [-0.25, -0.2) is 0 Å². The summed E-state index contributed by atoms with van der Waals surface area (Å²) in [6.07, 6.45) is 16.3. The summed E-state index contributed by atoms with van der Waals surface area (Å²) in [6.45, 7) is 5.72. The van der Waals surface area contributed by atoms with Gasteiger partial charge in [0.05, 0.1) is 12.2 Å². The van der Waals surface area contributed by atoms with Crippen LogP contribution >= 0.6 is 0 Å². The molecule has 0 aromatic carbocycles. The molecule has 1 aliphatic heterocycles. The third kappa shape index (κ3) is 2.10. The first-order valence-electron chi connectivity index (χ1n) is 10.6. The second-order valence-corrected chi connectivity index (χ2v) is 9.65. The lowest BCUT2D eigenvalue weighted by atomic mass is 9.48. The number of hydrogen-bond donors (Lipinski definition) is 0. The number of rotatable bonds is 1. The van der Waals surface area contributed by atoms with Gasteiger partial charge in [0, 0.05) is 11.8 Å². The summed E-state index contributed by atoms with van der Waals surface area (Å²) < 4.78 is 6.38. The van der Waals surface area contributed by atoms with Crippen molar-refractivity contribution in [2.24, 2.45) is 35.0 Å². The van der Waals surface area contributed by atoms with Gasteiger partial charge in [-0.1, -0.05) is 38.0 Å². The van der Waals surface area contributed by atoms with Crippen LogP contribution in [0.5, 0.6) is 0 Å². The number of allylic oxidation sites excluding steroid dienone is 1. The fraction of sp³-hybridized carbons (Fsp3) is 0.783. The topological polar surface area (TPSA) is 26.3 Å². The smallest absolute Gasteiger partial charge is 0.155 e. The predicted octanol–water partition coefficient (Wildman–Crippen LogP) is 5.09. The van der Waals surface area contributed by atoms with Crippen LogP contribution in [0, 0.1) is 35.0 Å². The Morgan fingerprint density at radius 1 is 1.24 bits per heavy atom. The van der Waals surface area contributed by atoms with Crippen molar-refractivity contribution >= 4 is 5.78 Å². The quantitative estimate of drug-likeness (QED) is 0.622. The van der Waals surface area contributed by atoms with Crippen LogP contribution < -0.4 is 0 Å². The fourth-order valence-corrected chi connectivity index (χ4v) is 7.82. The average Bonchev–Trinajstić information content (AvgIpc) is 3.20. The lowest BCUT2D eigenvalue weighted by Crippen LogP contribution is -2.54. The summed E-state index contributed by atoms with van der Waals surface area (Å²) >= 11 is 0. The van der Waals surface area contributed by atoms with E-state index in [2.05, 4.69) is 26.0 Å². The molecule has 0 N–H and O–H groups in total. The molecule has 0 aromatic heterocycles. The van der Waals surface area contributed by atoms with Crippen LogP contribution in [0.25, 0.3) is 0 Å². The first-order chi connectivity index (χ1) is 12.1. The largest absolute Gasteiger partial charge is 0.366 e. The van der Waals surface area contributed by atoms with Crippen molar-refractivity contribution in [3.05, 3.63) is 23.8 Å². The molecule has 1 spiro atoms. The molecule has 3 fully saturated rings. The highest BCUT2D eigenvalue weighted by atomic mass is 16.5. The third-order valence-electron chi connectivity index (χ3n) is 9.00. The molecule has 0 bridgehead atoms. The first kappa shape index (κ1) is 16.3. The van der Waals surface area contributed by atoms with Gasteiger partial charge >= 0.3 is 0 Å². The lowest BCUT2D eigenvalue weighted by molar-refractivity contribution is -0.124. The van der Waals surface area contributed by atoms with Gasteiger partial charge < -0.3 is 4.74 Å². The highest BCUT2D eigenvalue weighted by Gasteiger charge is 2.64. The average molecular weight is 341 g/mol. The van der Waals surface area contributed by atoms with Crippen LogP contribution in [0.15, 0.2) is 23.8 Å². The molecule has 2 heteroatoms. The van der Waals surface area contributed by atoms with Gasteiger partial charge in [-0.15, -0.1) is 0 Å². The van der Waals surface area contributed by atoms with Gasteiger partial charge in [-0.2, -0.15) is 0 Å². The highest BCUT2D eigenvalue weighted by molar-refractivity contribution is 5.91. The standard InChI is InChI=1S/C23H32O2/c1-3-15-13-16-14-17(24)5-6-18(16)19-7-10-22(2)20(21(15)19)8-11-23(22)9-4-12-25-23/h4,9,14-15,18-21H,3,5-8,10-13H2,1-2H3/t15?,18-,19?,20?,21?,22-,23-/m0/s1. The molecule has 5 rings (SSSR count). The Morgan fingerprint density at radius 3 is 2.88 bits per heavy atom. The van der Waals surface area contributed by atoms with Crippen molar-refractivity contribution in [2.45, 2.75) is 70.8 Å². The van der Waals surface area contributed by atoms with E-state index in [4.69, 9.17) is 4.74 Å². The lowest BCUT2D eigenvalue weighted by Gasteiger charge is -2.58.